The van der Waals surface area contributed by atoms with E-state index in [9.17, 15) is 4.79 Å². The smallest absolute Gasteiger partial charge is 0.263 e. The van der Waals surface area contributed by atoms with E-state index in [-0.39, 0.29) is 23.6 Å². The highest BCUT2D eigenvalue weighted by molar-refractivity contribution is 6.16. The van der Waals surface area contributed by atoms with Crippen LogP contribution in [0.25, 0.3) is 16.5 Å². The third-order valence-electron chi connectivity index (χ3n) is 6.73. The molecule has 6 N–H and O–H groups in total. The van der Waals surface area contributed by atoms with Gasteiger partial charge in [-0.25, -0.2) is 9.97 Å². The summed E-state index contributed by atoms with van der Waals surface area (Å²) in [6.45, 7) is 4.63. The Kier molecular flexibility index (Phi) is 6.72. The molecule has 0 aliphatic carbocycles. The van der Waals surface area contributed by atoms with Crippen molar-refractivity contribution in [3.05, 3.63) is 123 Å². The fraction of sp³-hybridized carbons (Fsp3) is 0.133. The summed E-state index contributed by atoms with van der Waals surface area (Å²) in [5, 5.41) is 13.7. The summed E-state index contributed by atoms with van der Waals surface area (Å²) in [7, 11) is 0. The molecule has 0 spiro atoms. The summed E-state index contributed by atoms with van der Waals surface area (Å²) in [4.78, 5) is 22.4. The first-order valence-corrected chi connectivity index (χ1v) is 12.3. The van der Waals surface area contributed by atoms with Crippen molar-refractivity contribution in [1.82, 2.24) is 14.5 Å². The first kappa shape index (κ1) is 24.9. The van der Waals surface area contributed by atoms with E-state index < -0.39 is 0 Å². The first-order valence-electron chi connectivity index (χ1n) is 12.3. The maximum Gasteiger partial charge on any atom is 0.263 e. The van der Waals surface area contributed by atoms with Gasteiger partial charge in [0.25, 0.3) is 5.56 Å². The van der Waals surface area contributed by atoms with E-state index >= 15 is 0 Å². The highest BCUT2D eigenvalue weighted by Gasteiger charge is 2.18. The number of rotatable bonds is 7. The predicted octanol–water partition coefficient (Wildman–Crippen LogP) is 4.47. The summed E-state index contributed by atoms with van der Waals surface area (Å²) in [5.74, 6) is 0.611. The van der Waals surface area contributed by atoms with E-state index in [0.717, 1.165) is 33.5 Å². The zero-order chi connectivity index (χ0) is 26.8. The molecule has 0 unspecified atom stereocenters. The van der Waals surface area contributed by atoms with E-state index in [1.165, 1.54) is 6.33 Å². The van der Waals surface area contributed by atoms with Gasteiger partial charge in [0.05, 0.1) is 28.9 Å². The summed E-state index contributed by atoms with van der Waals surface area (Å²) in [5.41, 5.74) is 17.6. The Bertz CT molecular complexity index is 1720. The molecule has 5 rings (SSSR count). The van der Waals surface area contributed by atoms with E-state index in [1.54, 1.807) is 4.57 Å². The minimum atomic E-state index is -0.0816. The number of para-hydroxylation sites is 1. The van der Waals surface area contributed by atoms with Crippen molar-refractivity contribution in [1.29, 1.82) is 5.41 Å². The van der Waals surface area contributed by atoms with Gasteiger partial charge in [-0.1, -0.05) is 60.7 Å². The lowest BCUT2D eigenvalue weighted by Crippen LogP contribution is -2.25. The van der Waals surface area contributed by atoms with Crippen molar-refractivity contribution >= 4 is 28.1 Å². The molecule has 0 fully saturated rings. The van der Waals surface area contributed by atoms with Crippen LogP contribution in [0.3, 0.4) is 0 Å². The van der Waals surface area contributed by atoms with Crippen LogP contribution in [0.15, 0.2) is 83.9 Å². The molecule has 5 aromatic rings. The predicted molar refractivity (Wildman–Crippen MR) is 153 cm³/mol. The van der Waals surface area contributed by atoms with Gasteiger partial charge in [-0.15, -0.1) is 0 Å². The van der Waals surface area contributed by atoms with Crippen LogP contribution in [0.5, 0.6) is 0 Å². The van der Waals surface area contributed by atoms with Crippen LogP contribution in [0.1, 0.15) is 33.5 Å². The average Bonchev–Trinajstić information content (AvgIpc) is 2.92. The van der Waals surface area contributed by atoms with Crippen LogP contribution in [-0.2, 0) is 13.1 Å². The van der Waals surface area contributed by atoms with Crippen LogP contribution in [0.2, 0.25) is 0 Å². The van der Waals surface area contributed by atoms with Gasteiger partial charge in [-0.3, -0.25) is 14.8 Å². The van der Waals surface area contributed by atoms with Crippen molar-refractivity contribution in [2.75, 3.05) is 11.1 Å². The van der Waals surface area contributed by atoms with Gasteiger partial charge in [0.2, 0.25) is 0 Å². The molecule has 8 nitrogen and oxygen atoms in total. The standard InChI is InChI=1S/C30H29N7O/c1-18-6-3-4-9-24(18)37-23(14-22-8-5-7-19(2)25(22)30(37)38)16-34-29-26(28(33)35-17-36-29)27(32)21-12-10-20(15-31)11-13-21/h3-14,17,32H,15-16,31H2,1-2H3,(H3,33,34,35,36). The quantitative estimate of drug-likeness (QED) is 0.242. The van der Waals surface area contributed by atoms with Gasteiger partial charge in [0, 0.05) is 17.8 Å². The van der Waals surface area contributed by atoms with Crippen LogP contribution < -0.4 is 22.3 Å². The maximum atomic E-state index is 13.8. The van der Waals surface area contributed by atoms with Crippen molar-refractivity contribution in [3.8, 4) is 5.69 Å². The number of fused-ring (bicyclic) bond motifs is 1. The molecule has 0 amide bonds. The molecule has 3 aromatic carbocycles. The monoisotopic (exact) mass is 503 g/mol. The molecule has 8 heteroatoms. The molecule has 2 aromatic heterocycles. The molecule has 0 aliphatic rings. The molecule has 0 atom stereocenters. The molecule has 0 bridgehead atoms. The second kappa shape index (κ2) is 10.3. The molecule has 2 heterocycles. The first-order chi connectivity index (χ1) is 18.4. The Morgan fingerprint density at radius 3 is 2.45 bits per heavy atom. The molecular weight excluding hydrogens is 474 g/mol. The van der Waals surface area contributed by atoms with Crippen LogP contribution in [0.4, 0.5) is 11.6 Å². The largest absolute Gasteiger partial charge is 0.383 e. The highest BCUT2D eigenvalue weighted by atomic mass is 16.1. The number of pyridine rings is 1. The molecule has 38 heavy (non-hydrogen) atoms. The lowest BCUT2D eigenvalue weighted by Gasteiger charge is -2.19. The van der Waals surface area contributed by atoms with E-state index in [2.05, 4.69) is 15.3 Å². The van der Waals surface area contributed by atoms with Gasteiger partial charge >= 0.3 is 0 Å². The van der Waals surface area contributed by atoms with Crippen molar-refractivity contribution in [2.24, 2.45) is 5.73 Å². The fourth-order valence-electron chi connectivity index (χ4n) is 4.70. The third-order valence-corrected chi connectivity index (χ3v) is 6.73. The molecule has 0 saturated carbocycles. The van der Waals surface area contributed by atoms with Crippen molar-refractivity contribution in [3.63, 3.8) is 0 Å². The number of hydrogen-bond acceptors (Lipinski definition) is 7. The summed E-state index contributed by atoms with van der Waals surface area (Å²) in [6, 6.07) is 23.1. The average molecular weight is 504 g/mol. The molecule has 0 radical (unpaired) electrons. The number of nitrogens with one attached hydrogen (secondary N) is 2. The number of nitrogen functional groups attached to an aromatic ring is 1. The van der Waals surface area contributed by atoms with Crippen LogP contribution in [-0.4, -0.2) is 20.2 Å². The van der Waals surface area contributed by atoms with E-state index in [4.69, 9.17) is 16.9 Å². The number of benzene rings is 3. The van der Waals surface area contributed by atoms with Crippen LogP contribution >= 0.6 is 0 Å². The zero-order valence-electron chi connectivity index (χ0n) is 21.3. The van der Waals surface area contributed by atoms with Crippen molar-refractivity contribution < 1.29 is 0 Å². The Labute approximate surface area is 220 Å². The topological polar surface area (TPSA) is 136 Å². The summed E-state index contributed by atoms with van der Waals surface area (Å²) >= 11 is 0. The normalized spacial score (nSPS) is 11.0. The van der Waals surface area contributed by atoms with E-state index in [1.807, 2.05) is 86.6 Å². The highest BCUT2D eigenvalue weighted by Crippen LogP contribution is 2.25. The van der Waals surface area contributed by atoms with Gasteiger partial charge < -0.3 is 16.8 Å². The minimum absolute atomic E-state index is 0.0816. The third kappa shape index (κ3) is 4.53. The minimum Gasteiger partial charge on any atom is -0.383 e. The van der Waals surface area contributed by atoms with Gasteiger partial charge in [-0.2, -0.15) is 0 Å². The number of nitrogens with two attached hydrogens (primary N) is 2. The van der Waals surface area contributed by atoms with Gasteiger partial charge in [0.1, 0.15) is 18.0 Å². The Balaban J connectivity index is 1.59. The Hall–Kier alpha value is -4.82. The second-order valence-electron chi connectivity index (χ2n) is 9.21. The molecule has 0 saturated heterocycles. The van der Waals surface area contributed by atoms with Gasteiger partial charge in [-0.05, 0) is 48.1 Å². The molecule has 190 valence electrons. The van der Waals surface area contributed by atoms with E-state index in [0.29, 0.717) is 28.9 Å². The second-order valence-corrected chi connectivity index (χ2v) is 9.21. The fourth-order valence-corrected chi connectivity index (χ4v) is 4.70. The number of anilines is 2. The lowest BCUT2D eigenvalue weighted by molar-refractivity contribution is 0.883. The van der Waals surface area contributed by atoms with Crippen molar-refractivity contribution in [2.45, 2.75) is 26.9 Å². The Morgan fingerprint density at radius 1 is 0.974 bits per heavy atom. The SMILES string of the molecule is Cc1ccccc1-n1c(CNc2ncnc(N)c2C(=N)c2ccc(CN)cc2)cc2cccc(C)c2c1=O. The molecular formula is C30H29N7O. The van der Waals surface area contributed by atoms with Crippen LogP contribution in [0, 0.1) is 19.3 Å². The number of nitrogens with zero attached hydrogens (tertiary/aromatic N) is 3. The van der Waals surface area contributed by atoms with Gasteiger partial charge in [0.15, 0.2) is 0 Å². The Morgan fingerprint density at radius 2 is 1.71 bits per heavy atom. The number of hydrogen-bond donors (Lipinski definition) is 4. The lowest BCUT2D eigenvalue weighted by atomic mass is 10.0. The summed E-state index contributed by atoms with van der Waals surface area (Å²) in [6.07, 6.45) is 1.37. The zero-order valence-corrected chi connectivity index (χ0v) is 21.3. The maximum absolute atomic E-state index is 13.8. The molecule has 0 aliphatic heterocycles. The number of aromatic nitrogens is 3. The summed E-state index contributed by atoms with van der Waals surface area (Å²) < 4.78 is 1.75. The number of aryl methyl sites for hydroxylation is 2.